The lowest BCUT2D eigenvalue weighted by Gasteiger charge is -2.23. The van der Waals surface area contributed by atoms with E-state index in [0.29, 0.717) is 0 Å². The summed E-state index contributed by atoms with van der Waals surface area (Å²) >= 11 is 0. The van der Waals surface area contributed by atoms with Crippen LogP contribution in [0.25, 0.3) is 0 Å². The van der Waals surface area contributed by atoms with E-state index in [1.165, 1.54) is 17.4 Å². The van der Waals surface area contributed by atoms with E-state index >= 15 is 0 Å². The largest absolute Gasteiger partial charge is 0.325 e. The molecule has 0 atom stereocenters. The van der Waals surface area contributed by atoms with Gasteiger partial charge in [-0.3, -0.25) is 9.59 Å². The molecule has 0 aliphatic heterocycles. The lowest BCUT2D eigenvalue weighted by atomic mass is 10.1. The average Bonchev–Trinajstić information content (AvgIpc) is 2.55. The van der Waals surface area contributed by atoms with Crippen LogP contribution < -0.4 is 10.2 Å². The summed E-state index contributed by atoms with van der Waals surface area (Å²) in [6.45, 7) is 7.46. The van der Waals surface area contributed by atoms with Crippen molar-refractivity contribution < 1.29 is 9.59 Å². The molecular formula is C20H24N2O2. The van der Waals surface area contributed by atoms with Gasteiger partial charge in [0.15, 0.2) is 0 Å². The Morgan fingerprint density at radius 2 is 1.71 bits per heavy atom. The van der Waals surface area contributed by atoms with E-state index in [4.69, 9.17) is 0 Å². The van der Waals surface area contributed by atoms with Crippen LogP contribution in [0.2, 0.25) is 0 Å². The zero-order valence-corrected chi connectivity index (χ0v) is 14.7. The van der Waals surface area contributed by atoms with Crippen molar-refractivity contribution in [3.63, 3.8) is 0 Å². The number of nitrogens with one attached hydrogen (secondary N) is 1. The molecule has 0 saturated carbocycles. The first-order valence-electron chi connectivity index (χ1n) is 8.15. The molecule has 24 heavy (non-hydrogen) atoms. The zero-order chi connectivity index (χ0) is 17.7. The van der Waals surface area contributed by atoms with Gasteiger partial charge in [-0.1, -0.05) is 31.2 Å². The van der Waals surface area contributed by atoms with Gasteiger partial charge in [-0.2, -0.15) is 0 Å². The molecule has 0 fully saturated rings. The Bertz CT molecular complexity index is 736. The summed E-state index contributed by atoms with van der Waals surface area (Å²) < 4.78 is 0. The topological polar surface area (TPSA) is 49.4 Å². The molecule has 2 amide bonds. The Hall–Kier alpha value is -2.62. The van der Waals surface area contributed by atoms with E-state index in [-0.39, 0.29) is 18.4 Å². The number of carbonyl (C=O) groups excluding carboxylic acids is 2. The zero-order valence-electron chi connectivity index (χ0n) is 14.7. The van der Waals surface area contributed by atoms with E-state index in [1.54, 1.807) is 0 Å². The molecule has 0 heterocycles. The standard InChI is InChI=1S/C20H24N2O2/c1-5-17-8-10-18(11-9-17)21-20(24)13-22(16(4)23)19-12-14(2)6-7-15(19)3/h6-12H,5,13H2,1-4H3,(H,21,24). The highest BCUT2D eigenvalue weighted by Crippen LogP contribution is 2.22. The van der Waals surface area contributed by atoms with Crippen molar-refractivity contribution in [2.24, 2.45) is 0 Å². The lowest BCUT2D eigenvalue weighted by molar-refractivity contribution is -0.120. The van der Waals surface area contributed by atoms with Crippen LogP contribution in [0.5, 0.6) is 0 Å². The maximum absolute atomic E-state index is 12.3. The van der Waals surface area contributed by atoms with Crippen LogP contribution in [0, 0.1) is 13.8 Å². The Labute approximate surface area is 143 Å². The van der Waals surface area contributed by atoms with E-state index in [2.05, 4.69) is 12.2 Å². The summed E-state index contributed by atoms with van der Waals surface area (Å²) in [5.41, 5.74) is 4.75. The third kappa shape index (κ3) is 4.44. The molecule has 0 spiro atoms. The predicted octanol–water partition coefficient (Wildman–Crippen LogP) is 3.86. The number of benzene rings is 2. The first-order valence-corrected chi connectivity index (χ1v) is 8.15. The molecule has 0 aliphatic carbocycles. The summed E-state index contributed by atoms with van der Waals surface area (Å²) in [6, 6.07) is 13.6. The van der Waals surface area contributed by atoms with Gasteiger partial charge in [-0.15, -0.1) is 0 Å². The van der Waals surface area contributed by atoms with Crippen molar-refractivity contribution in [1.82, 2.24) is 0 Å². The molecule has 4 heteroatoms. The van der Waals surface area contributed by atoms with Crippen LogP contribution in [0.15, 0.2) is 42.5 Å². The molecule has 2 aromatic rings. The maximum atomic E-state index is 12.3. The van der Waals surface area contributed by atoms with E-state index in [0.717, 1.165) is 28.9 Å². The summed E-state index contributed by atoms with van der Waals surface area (Å²) in [5.74, 6) is -0.365. The summed E-state index contributed by atoms with van der Waals surface area (Å²) in [4.78, 5) is 25.9. The number of nitrogens with zero attached hydrogens (tertiary/aromatic N) is 1. The number of rotatable bonds is 5. The molecule has 4 nitrogen and oxygen atoms in total. The molecule has 126 valence electrons. The van der Waals surface area contributed by atoms with Crippen LogP contribution in [-0.4, -0.2) is 18.4 Å². The van der Waals surface area contributed by atoms with Crippen LogP contribution in [-0.2, 0) is 16.0 Å². The second-order valence-corrected chi connectivity index (χ2v) is 5.99. The minimum atomic E-state index is -0.213. The Kier molecular flexibility index (Phi) is 5.74. The van der Waals surface area contributed by atoms with Crippen LogP contribution in [0.1, 0.15) is 30.5 Å². The second kappa shape index (κ2) is 7.77. The van der Waals surface area contributed by atoms with E-state index in [9.17, 15) is 9.59 Å². The number of aryl methyl sites for hydroxylation is 3. The van der Waals surface area contributed by atoms with Crippen molar-refractivity contribution in [2.75, 3.05) is 16.8 Å². The fraction of sp³-hybridized carbons (Fsp3) is 0.300. The smallest absolute Gasteiger partial charge is 0.244 e. The highest BCUT2D eigenvalue weighted by Gasteiger charge is 2.17. The van der Waals surface area contributed by atoms with Gasteiger partial charge >= 0.3 is 0 Å². The van der Waals surface area contributed by atoms with Gasteiger partial charge in [0, 0.05) is 18.3 Å². The van der Waals surface area contributed by atoms with Crippen molar-refractivity contribution >= 4 is 23.2 Å². The van der Waals surface area contributed by atoms with Gasteiger partial charge < -0.3 is 10.2 Å². The quantitative estimate of drug-likeness (QED) is 0.908. The molecule has 0 aliphatic rings. The molecule has 0 saturated heterocycles. The number of hydrogen-bond acceptors (Lipinski definition) is 2. The SMILES string of the molecule is CCc1ccc(NC(=O)CN(C(C)=O)c2cc(C)ccc2C)cc1. The van der Waals surface area contributed by atoms with Crippen LogP contribution in [0.4, 0.5) is 11.4 Å². The summed E-state index contributed by atoms with van der Waals surface area (Å²) in [6.07, 6.45) is 0.957. The highest BCUT2D eigenvalue weighted by molar-refractivity contribution is 6.02. The molecule has 0 radical (unpaired) electrons. The third-order valence-corrected chi connectivity index (χ3v) is 3.98. The second-order valence-electron chi connectivity index (χ2n) is 5.99. The number of anilines is 2. The Morgan fingerprint density at radius 1 is 1.04 bits per heavy atom. The fourth-order valence-electron chi connectivity index (χ4n) is 2.54. The monoisotopic (exact) mass is 324 g/mol. The molecule has 2 aromatic carbocycles. The fourth-order valence-corrected chi connectivity index (χ4v) is 2.54. The molecule has 1 N–H and O–H groups in total. The van der Waals surface area contributed by atoms with Crippen molar-refractivity contribution in [1.29, 1.82) is 0 Å². The summed E-state index contributed by atoms with van der Waals surface area (Å²) in [5, 5.41) is 2.85. The Morgan fingerprint density at radius 3 is 2.29 bits per heavy atom. The van der Waals surface area contributed by atoms with Gasteiger partial charge in [0.2, 0.25) is 11.8 Å². The number of hydrogen-bond donors (Lipinski definition) is 1. The van der Waals surface area contributed by atoms with Gasteiger partial charge in [-0.25, -0.2) is 0 Å². The van der Waals surface area contributed by atoms with Crippen molar-refractivity contribution in [3.05, 3.63) is 59.2 Å². The highest BCUT2D eigenvalue weighted by atomic mass is 16.2. The van der Waals surface area contributed by atoms with E-state index < -0.39 is 0 Å². The number of amides is 2. The normalized spacial score (nSPS) is 10.3. The van der Waals surface area contributed by atoms with Crippen molar-refractivity contribution in [3.8, 4) is 0 Å². The molecular weight excluding hydrogens is 300 g/mol. The minimum absolute atomic E-state index is 0.00481. The van der Waals surface area contributed by atoms with Crippen LogP contribution in [0.3, 0.4) is 0 Å². The third-order valence-electron chi connectivity index (χ3n) is 3.98. The van der Waals surface area contributed by atoms with Crippen molar-refractivity contribution in [2.45, 2.75) is 34.1 Å². The molecule has 0 aromatic heterocycles. The first-order chi connectivity index (χ1) is 11.4. The average molecular weight is 324 g/mol. The van der Waals surface area contributed by atoms with Gasteiger partial charge in [0.05, 0.1) is 0 Å². The predicted molar refractivity (Wildman–Crippen MR) is 98.4 cm³/mol. The summed E-state index contributed by atoms with van der Waals surface area (Å²) in [7, 11) is 0. The van der Waals surface area contributed by atoms with Gasteiger partial charge in [-0.05, 0) is 55.2 Å². The van der Waals surface area contributed by atoms with Crippen LogP contribution >= 0.6 is 0 Å². The molecule has 0 unspecified atom stereocenters. The molecule has 0 bridgehead atoms. The Balaban J connectivity index is 2.13. The van der Waals surface area contributed by atoms with Gasteiger partial charge in [0.1, 0.15) is 6.54 Å². The molecule has 2 rings (SSSR count). The number of carbonyl (C=O) groups is 2. The maximum Gasteiger partial charge on any atom is 0.244 e. The minimum Gasteiger partial charge on any atom is -0.325 e. The lowest BCUT2D eigenvalue weighted by Crippen LogP contribution is -2.37. The van der Waals surface area contributed by atoms with E-state index in [1.807, 2.05) is 56.3 Å². The van der Waals surface area contributed by atoms with Gasteiger partial charge in [0.25, 0.3) is 0 Å². The first kappa shape index (κ1) is 17.7.